The van der Waals surface area contributed by atoms with Crippen molar-refractivity contribution in [2.24, 2.45) is 5.73 Å². The number of hydrogen-bond acceptors (Lipinski definition) is 6. The minimum Gasteiger partial charge on any atom is -0.366 e. The minimum absolute atomic E-state index is 0.0407. The molecule has 0 atom stereocenters. The van der Waals surface area contributed by atoms with Gasteiger partial charge in [0.25, 0.3) is 0 Å². The monoisotopic (exact) mass is 369 g/mol. The first kappa shape index (κ1) is 17.6. The van der Waals surface area contributed by atoms with Gasteiger partial charge in [-0.15, -0.1) is 0 Å². The molecule has 3 rings (SSSR count). The number of aryl methyl sites for hydroxylation is 1. The van der Waals surface area contributed by atoms with Gasteiger partial charge in [0.2, 0.25) is 11.8 Å². The van der Waals surface area contributed by atoms with E-state index < -0.39 is 11.6 Å². The number of thioether (sulfide) groups is 1. The van der Waals surface area contributed by atoms with Gasteiger partial charge in [0, 0.05) is 17.4 Å². The summed E-state index contributed by atoms with van der Waals surface area (Å²) in [5.74, 6) is -0.775. The summed E-state index contributed by atoms with van der Waals surface area (Å²) in [6.07, 6.45) is 1.60. The Balaban J connectivity index is 1.68. The van der Waals surface area contributed by atoms with Crippen LogP contribution >= 0.6 is 11.8 Å². The number of hydrogen-bond donors (Lipinski definition) is 2. The number of rotatable bonds is 5. The van der Waals surface area contributed by atoms with Crippen LogP contribution in [0.5, 0.6) is 0 Å². The van der Waals surface area contributed by atoms with Gasteiger partial charge in [0.1, 0.15) is 5.65 Å². The SMILES string of the molecule is Cc1cccn2c(=O)nc(SCC(=O)Nc3ccc(C(N)=O)cc3)nc12. The normalized spacial score (nSPS) is 10.7. The van der Waals surface area contributed by atoms with E-state index >= 15 is 0 Å². The number of amides is 2. The number of nitrogens with two attached hydrogens (primary N) is 1. The third-order valence-corrected chi connectivity index (χ3v) is 4.39. The second-order valence-corrected chi connectivity index (χ2v) is 6.39. The number of carbonyl (C=O) groups excluding carboxylic acids is 2. The highest BCUT2D eigenvalue weighted by atomic mass is 32.2. The molecule has 2 heterocycles. The third-order valence-electron chi connectivity index (χ3n) is 3.55. The number of pyridine rings is 1. The smallest absolute Gasteiger partial charge is 0.355 e. The fraction of sp³-hybridized carbons (Fsp3) is 0.118. The Labute approximate surface area is 152 Å². The average molecular weight is 369 g/mol. The van der Waals surface area contributed by atoms with Gasteiger partial charge in [-0.2, -0.15) is 4.98 Å². The van der Waals surface area contributed by atoms with Gasteiger partial charge in [-0.25, -0.2) is 9.78 Å². The summed E-state index contributed by atoms with van der Waals surface area (Å²) in [5.41, 5.74) is 6.98. The molecule has 2 amide bonds. The van der Waals surface area contributed by atoms with Crippen LogP contribution in [-0.4, -0.2) is 31.9 Å². The quantitative estimate of drug-likeness (QED) is 0.653. The Bertz CT molecular complexity index is 1050. The fourth-order valence-corrected chi connectivity index (χ4v) is 2.89. The van der Waals surface area contributed by atoms with E-state index in [-0.39, 0.29) is 16.8 Å². The summed E-state index contributed by atoms with van der Waals surface area (Å²) in [6, 6.07) is 9.83. The molecule has 0 aliphatic heterocycles. The van der Waals surface area contributed by atoms with Gasteiger partial charge in [0.05, 0.1) is 5.75 Å². The largest absolute Gasteiger partial charge is 0.366 e. The fourth-order valence-electron chi connectivity index (χ4n) is 2.27. The Morgan fingerprint density at radius 1 is 1.19 bits per heavy atom. The van der Waals surface area contributed by atoms with Crippen molar-refractivity contribution in [3.05, 3.63) is 64.2 Å². The first-order valence-corrected chi connectivity index (χ1v) is 8.61. The number of anilines is 1. The Kier molecular flexibility index (Phi) is 4.99. The standard InChI is InChI=1S/C17H15N5O3S/c1-10-3-2-8-22-15(10)20-16(21-17(22)25)26-9-13(23)19-12-6-4-11(5-7-12)14(18)24/h2-8H,9H2,1H3,(H2,18,24)(H,19,23). The maximum absolute atomic E-state index is 12.1. The molecule has 0 radical (unpaired) electrons. The van der Waals surface area contributed by atoms with Crippen LogP contribution in [-0.2, 0) is 4.79 Å². The van der Waals surface area contributed by atoms with Crippen LogP contribution in [0.15, 0.2) is 52.5 Å². The average Bonchev–Trinajstić information content (AvgIpc) is 2.61. The molecule has 0 aliphatic rings. The van der Waals surface area contributed by atoms with Crippen molar-refractivity contribution < 1.29 is 9.59 Å². The van der Waals surface area contributed by atoms with Crippen LogP contribution in [0.2, 0.25) is 0 Å². The van der Waals surface area contributed by atoms with Crippen LogP contribution in [0.4, 0.5) is 5.69 Å². The third kappa shape index (κ3) is 3.89. The van der Waals surface area contributed by atoms with Crippen LogP contribution in [0.3, 0.4) is 0 Å². The molecule has 0 fully saturated rings. The van der Waals surface area contributed by atoms with Crippen LogP contribution < -0.4 is 16.7 Å². The number of carbonyl (C=O) groups is 2. The number of nitrogens with zero attached hydrogens (tertiary/aromatic N) is 3. The Morgan fingerprint density at radius 2 is 1.92 bits per heavy atom. The zero-order valence-corrected chi connectivity index (χ0v) is 14.6. The molecule has 9 heteroatoms. The molecule has 0 spiro atoms. The van der Waals surface area contributed by atoms with E-state index in [4.69, 9.17) is 5.73 Å². The maximum atomic E-state index is 12.1. The summed E-state index contributed by atoms with van der Waals surface area (Å²) < 4.78 is 1.36. The van der Waals surface area contributed by atoms with Crippen molar-refractivity contribution >= 4 is 34.9 Å². The van der Waals surface area contributed by atoms with Gasteiger partial charge < -0.3 is 11.1 Å². The molecular weight excluding hydrogens is 354 g/mol. The first-order chi connectivity index (χ1) is 12.4. The van der Waals surface area contributed by atoms with E-state index in [1.807, 2.05) is 13.0 Å². The zero-order chi connectivity index (χ0) is 18.7. The molecule has 3 aromatic rings. The maximum Gasteiger partial charge on any atom is 0.355 e. The highest BCUT2D eigenvalue weighted by Crippen LogP contribution is 2.15. The van der Waals surface area contributed by atoms with Crippen molar-refractivity contribution in [1.82, 2.24) is 14.4 Å². The van der Waals surface area contributed by atoms with Gasteiger partial charge >= 0.3 is 5.69 Å². The summed E-state index contributed by atoms with van der Waals surface area (Å²) >= 11 is 1.07. The van der Waals surface area contributed by atoms with Gasteiger partial charge in [-0.3, -0.25) is 14.0 Å². The summed E-state index contributed by atoms with van der Waals surface area (Å²) in [4.78, 5) is 43.3. The second kappa shape index (κ2) is 7.36. The van der Waals surface area contributed by atoms with E-state index in [0.29, 0.717) is 16.9 Å². The number of benzene rings is 1. The van der Waals surface area contributed by atoms with Crippen LogP contribution in [0.25, 0.3) is 5.65 Å². The van der Waals surface area contributed by atoms with E-state index in [1.54, 1.807) is 24.4 Å². The van der Waals surface area contributed by atoms with Crippen molar-refractivity contribution in [3.8, 4) is 0 Å². The Hall–Kier alpha value is -3.20. The molecule has 8 nitrogen and oxygen atoms in total. The molecule has 0 saturated carbocycles. The van der Waals surface area contributed by atoms with Crippen molar-refractivity contribution in [1.29, 1.82) is 0 Å². The second-order valence-electron chi connectivity index (χ2n) is 5.45. The molecule has 0 saturated heterocycles. The number of nitrogens with one attached hydrogen (secondary N) is 1. The molecule has 3 N–H and O–H groups in total. The molecule has 2 aromatic heterocycles. The van der Waals surface area contributed by atoms with Crippen LogP contribution in [0, 0.1) is 6.92 Å². The van der Waals surface area contributed by atoms with Crippen molar-refractivity contribution in [2.45, 2.75) is 12.1 Å². The lowest BCUT2D eigenvalue weighted by molar-refractivity contribution is -0.113. The van der Waals surface area contributed by atoms with Gasteiger partial charge in [-0.05, 0) is 42.8 Å². The predicted molar refractivity (Wildman–Crippen MR) is 98.3 cm³/mol. The van der Waals surface area contributed by atoms with Gasteiger partial charge in [0.15, 0.2) is 5.16 Å². The van der Waals surface area contributed by atoms with Crippen molar-refractivity contribution in [2.75, 3.05) is 11.1 Å². The van der Waals surface area contributed by atoms with E-state index in [2.05, 4.69) is 15.3 Å². The van der Waals surface area contributed by atoms with E-state index in [9.17, 15) is 14.4 Å². The zero-order valence-electron chi connectivity index (χ0n) is 13.8. The highest BCUT2D eigenvalue weighted by molar-refractivity contribution is 7.99. The van der Waals surface area contributed by atoms with E-state index in [1.165, 1.54) is 16.5 Å². The summed E-state index contributed by atoms with van der Waals surface area (Å²) in [5, 5.41) is 2.93. The summed E-state index contributed by atoms with van der Waals surface area (Å²) in [6.45, 7) is 1.85. The Morgan fingerprint density at radius 3 is 2.62 bits per heavy atom. The molecule has 0 unspecified atom stereocenters. The highest BCUT2D eigenvalue weighted by Gasteiger charge is 2.10. The first-order valence-electron chi connectivity index (χ1n) is 7.62. The lowest BCUT2D eigenvalue weighted by atomic mass is 10.2. The molecule has 1 aromatic carbocycles. The number of primary amides is 1. The minimum atomic E-state index is -0.534. The lowest BCUT2D eigenvalue weighted by Gasteiger charge is -2.06. The number of fused-ring (bicyclic) bond motifs is 1. The molecule has 26 heavy (non-hydrogen) atoms. The molecule has 132 valence electrons. The van der Waals surface area contributed by atoms with Crippen LogP contribution in [0.1, 0.15) is 15.9 Å². The molecular formula is C17H15N5O3S. The molecule has 0 aliphatic carbocycles. The van der Waals surface area contributed by atoms with Gasteiger partial charge in [-0.1, -0.05) is 17.8 Å². The van der Waals surface area contributed by atoms with E-state index in [0.717, 1.165) is 17.3 Å². The predicted octanol–water partition coefficient (Wildman–Crippen LogP) is 1.23. The number of aromatic nitrogens is 3. The lowest BCUT2D eigenvalue weighted by Crippen LogP contribution is -2.20. The van der Waals surface area contributed by atoms with Crippen molar-refractivity contribution in [3.63, 3.8) is 0 Å². The topological polar surface area (TPSA) is 119 Å². The molecule has 0 bridgehead atoms. The summed E-state index contributed by atoms with van der Waals surface area (Å²) in [7, 11) is 0.